The first-order valence-corrected chi connectivity index (χ1v) is 10.5. The molecule has 0 aromatic carbocycles. The van der Waals surface area contributed by atoms with Gasteiger partial charge in [0.1, 0.15) is 0 Å². The third-order valence-corrected chi connectivity index (χ3v) is 7.86. The van der Waals surface area contributed by atoms with Crippen molar-refractivity contribution in [2.24, 2.45) is 0 Å². The van der Waals surface area contributed by atoms with Crippen LogP contribution in [0.5, 0.6) is 0 Å². The normalized spacial score (nSPS) is 13.1. The van der Waals surface area contributed by atoms with Crippen LogP contribution in [0.3, 0.4) is 0 Å². The van der Waals surface area contributed by atoms with Crippen molar-refractivity contribution in [3.05, 3.63) is 0 Å². The molecule has 0 aromatic heterocycles. The Morgan fingerprint density at radius 3 is 1.65 bits per heavy atom. The van der Waals surface area contributed by atoms with Gasteiger partial charge in [0.2, 0.25) is 0 Å². The predicted octanol–water partition coefficient (Wildman–Crippen LogP) is 2.42. The lowest BCUT2D eigenvalue weighted by Gasteiger charge is -2.31. The summed E-state index contributed by atoms with van der Waals surface area (Å²) in [4.78, 5) is 0. The number of hydrogen-bond acceptors (Lipinski definition) is 4. The van der Waals surface area contributed by atoms with E-state index in [1.807, 2.05) is 0 Å². The van der Waals surface area contributed by atoms with E-state index in [2.05, 4.69) is 34.2 Å². The van der Waals surface area contributed by atoms with E-state index in [-0.39, 0.29) is 12.2 Å². The molecule has 4 nitrogen and oxygen atoms in total. The Morgan fingerprint density at radius 2 is 1.35 bits per heavy atom. The summed E-state index contributed by atoms with van der Waals surface area (Å²) in [5.41, 5.74) is 0. The van der Waals surface area contributed by atoms with E-state index in [1.165, 1.54) is 0 Å². The van der Waals surface area contributed by atoms with Crippen LogP contribution in [-0.4, -0.2) is 44.3 Å². The van der Waals surface area contributed by atoms with Crippen molar-refractivity contribution in [1.29, 1.82) is 0 Å². The van der Waals surface area contributed by atoms with Crippen molar-refractivity contribution in [3.8, 4) is 0 Å². The minimum atomic E-state index is -2.10. The minimum absolute atomic E-state index is 0.204. The van der Waals surface area contributed by atoms with Gasteiger partial charge in [0.25, 0.3) is 0 Å². The molecule has 0 aromatic rings. The average molecular weight is 281 g/mol. The molecule has 0 unspecified atom stereocenters. The summed E-state index contributed by atoms with van der Waals surface area (Å²) in [6.45, 7) is 10.3. The molecule has 0 saturated carbocycles. The first kappa shape index (κ1) is 17.3. The third kappa shape index (κ3) is 8.07. The van der Waals surface area contributed by atoms with Gasteiger partial charge in [-0.1, -0.05) is 0 Å². The Kier molecular flexibility index (Phi) is 8.52. The van der Waals surface area contributed by atoms with E-state index < -0.39 is 17.8 Å². The SMILES string of the molecule is CO[SiH](CC[Si](C)(OC(C)C)OC(C)C)OC. The lowest BCUT2D eigenvalue weighted by atomic mass is 10.5. The van der Waals surface area contributed by atoms with E-state index in [9.17, 15) is 0 Å². The minimum Gasteiger partial charge on any atom is -0.400 e. The van der Waals surface area contributed by atoms with Crippen LogP contribution >= 0.6 is 0 Å². The average Bonchev–Trinajstić information content (AvgIpc) is 2.16. The largest absolute Gasteiger partial charge is 0.400 e. The molecule has 0 rings (SSSR count). The molecule has 0 saturated heterocycles. The molecule has 0 aliphatic rings. The highest BCUT2D eigenvalue weighted by atomic mass is 28.4. The molecular weight excluding hydrogens is 252 g/mol. The lowest BCUT2D eigenvalue weighted by Crippen LogP contribution is -2.43. The van der Waals surface area contributed by atoms with E-state index in [0.717, 1.165) is 12.1 Å². The Bertz CT molecular complexity index is 186. The standard InChI is InChI=1S/C11H28O4Si2/c1-10(2)14-17(7,15-11(3)4)9-8-16(12-5)13-6/h10-11,16H,8-9H2,1-7H3. The molecule has 0 N–H and O–H groups in total. The summed E-state index contributed by atoms with van der Waals surface area (Å²) >= 11 is 0. The predicted molar refractivity (Wildman–Crippen MR) is 74.8 cm³/mol. The second-order valence-electron chi connectivity index (χ2n) is 4.91. The Labute approximate surface area is 109 Å². The van der Waals surface area contributed by atoms with Crippen LogP contribution in [-0.2, 0) is 17.7 Å². The van der Waals surface area contributed by atoms with Gasteiger partial charge in [-0.25, -0.2) is 0 Å². The third-order valence-electron chi connectivity index (χ3n) is 2.33. The van der Waals surface area contributed by atoms with Gasteiger partial charge in [-0.2, -0.15) is 0 Å². The van der Waals surface area contributed by atoms with E-state index in [0.29, 0.717) is 0 Å². The molecule has 0 heterocycles. The van der Waals surface area contributed by atoms with Crippen LogP contribution in [0.4, 0.5) is 0 Å². The zero-order valence-corrected chi connectivity index (χ0v) is 14.4. The van der Waals surface area contributed by atoms with Crippen LogP contribution in [0.2, 0.25) is 18.6 Å². The molecule has 6 heteroatoms. The molecular formula is C11H28O4Si2. The zero-order chi connectivity index (χ0) is 13.5. The summed E-state index contributed by atoms with van der Waals surface area (Å²) in [7, 11) is -0.176. The van der Waals surface area contributed by atoms with Crippen molar-refractivity contribution in [3.63, 3.8) is 0 Å². The maximum absolute atomic E-state index is 6.02. The van der Waals surface area contributed by atoms with Crippen molar-refractivity contribution >= 4 is 17.8 Å². The fourth-order valence-corrected chi connectivity index (χ4v) is 7.84. The number of hydrogen-bond donors (Lipinski definition) is 0. The number of rotatable bonds is 9. The second kappa shape index (κ2) is 8.39. The summed E-state index contributed by atoms with van der Waals surface area (Å²) in [6, 6.07) is 1.87. The smallest absolute Gasteiger partial charge is 0.335 e. The lowest BCUT2D eigenvalue weighted by molar-refractivity contribution is 0.110. The molecule has 0 bridgehead atoms. The first-order chi connectivity index (χ1) is 7.83. The Hall–Kier alpha value is 0.274. The van der Waals surface area contributed by atoms with Crippen LogP contribution < -0.4 is 0 Å². The van der Waals surface area contributed by atoms with E-state index in [1.54, 1.807) is 14.2 Å². The summed E-state index contributed by atoms with van der Waals surface area (Å²) in [6.07, 6.45) is 0.409. The fraction of sp³-hybridized carbons (Fsp3) is 1.00. The Balaban J connectivity index is 4.36. The summed E-state index contributed by atoms with van der Waals surface area (Å²) < 4.78 is 22.7. The van der Waals surface area contributed by atoms with Crippen LogP contribution in [0.1, 0.15) is 27.7 Å². The van der Waals surface area contributed by atoms with Gasteiger partial charge >= 0.3 is 17.8 Å². The van der Waals surface area contributed by atoms with E-state index in [4.69, 9.17) is 17.7 Å². The highest BCUT2D eigenvalue weighted by Crippen LogP contribution is 2.21. The van der Waals surface area contributed by atoms with Crippen LogP contribution in [0.25, 0.3) is 0 Å². The van der Waals surface area contributed by atoms with Gasteiger partial charge in [-0.05, 0) is 46.3 Å². The molecule has 17 heavy (non-hydrogen) atoms. The van der Waals surface area contributed by atoms with Crippen molar-refractivity contribution in [2.45, 2.75) is 58.5 Å². The molecule has 0 aliphatic carbocycles. The Morgan fingerprint density at radius 1 is 0.941 bits per heavy atom. The maximum Gasteiger partial charge on any atom is 0.335 e. The molecule has 0 atom stereocenters. The highest BCUT2D eigenvalue weighted by molar-refractivity contribution is 6.67. The van der Waals surface area contributed by atoms with Gasteiger partial charge < -0.3 is 17.7 Å². The molecule has 0 radical (unpaired) electrons. The first-order valence-electron chi connectivity index (χ1n) is 6.24. The summed E-state index contributed by atoms with van der Waals surface area (Å²) in [5, 5.41) is 0. The second-order valence-corrected chi connectivity index (χ2v) is 10.5. The van der Waals surface area contributed by atoms with Crippen LogP contribution in [0, 0.1) is 0 Å². The monoisotopic (exact) mass is 280 g/mol. The van der Waals surface area contributed by atoms with Gasteiger partial charge in [-0.15, -0.1) is 0 Å². The van der Waals surface area contributed by atoms with Crippen molar-refractivity contribution in [1.82, 2.24) is 0 Å². The van der Waals surface area contributed by atoms with Crippen molar-refractivity contribution < 1.29 is 17.7 Å². The van der Waals surface area contributed by atoms with Gasteiger partial charge in [0.05, 0.1) is 0 Å². The van der Waals surface area contributed by atoms with Gasteiger partial charge in [-0.3, -0.25) is 0 Å². The zero-order valence-electron chi connectivity index (χ0n) is 12.3. The molecule has 0 aliphatic heterocycles. The van der Waals surface area contributed by atoms with Gasteiger partial charge in [0.15, 0.2) is 0 Å². The molecule has 0 amide bonds. The quantitative estimate of drug-likeness (QED) is 0.608. The van der Waals surface area contributed by atoms with Crippen LogP contribution in [0.15, 0.2) is 0 Å². The van der Waals surface area contributed by atoms with Crippen molar-refractivity contribution in [2.75, 3.05) is 14.2 Å². The molecule has 0 spiro atoms. The fourth-order valence-electron chi connectivity index (χ4n) is 1.85. The highest BCUT2D eigenvalue weighted by Gasteiger charge is 2.35. The maximum atomic E-state index is 6.02. The van der Waals surface area contributed by atoms with Gasteiger partial charge in [0, 0.05) is 26.4 Å². The summed E-state index contributed by atoms with van der Waals surface area (Å²) in [5.74, 6) is 0. The van der Waals surface area contributed by atoms with E-state index >= 15 is 0 Å². The molecule has 0 fully saturated rings. The molecule has 104 valence electrons. The topological polar surface area (TPSA) is 36.9 Å².